The molecule has 13 rings (SSSR count). The van der Waals surface area contributed by atoms with E-state index in [0.717, 1.165) is 25.7 Å². The second kappa shape index (κ2) is 21.2. The Bertz CT molecular complexity index is 2180. The minimum atomic E-state index is -2.72. The van der Waals surface area contributed by atoms with Crippen molar-refractivity contribution in [1.82, 2.24) is 16.0 Å². The van der Waals surface area contributed by atoms with Crippen LogP contribution in [0.3, 0.4) is 0 Å². The van der Waals surface area contributed by atoms with E-state index in [9.17, 15) is 54.5 Å². The Kier molecular flexibility index (Phi) is 16.0. The van der Waals surface area contributed by atoms with Crippen molar-refractivity contribution in [3.8, 4) is 0 Å². The fraction of sp³-hybridized carbons (Fsp3) is 0.941. The Morgan fingerprint density at radius 2 is 0.922 bits per heavy atom. The van der Waals surface area contributed by atoms with Crippen LogP contribution in [-0.2, 0) is 70.8 Å². The van der Waals surface area contributed by atoms with Gasteiger partial charge in [0.05, 0.1) is 63.1 Å². The van der Waals surface area contributed by atoms with Gasteiger partial charge < -0.3 is 94.0 Å². The van der Waals surface area contributed by atoms with Crippen molar-refractivity contribution < 1.29 is 106 Å². The lowest BCUT2D eigenvalue weighted by molar-refractivity contribution is -0.379. The molecule has 0 aromatic heterocycles. The van der Waals surface area contributed by atoms with E-state index in [2.05, 4.69) is 16.0 Å². The van der Waals surface area contributed by atoms with E-state index < -0.39 is 140 Å². The first-order chi connectivity index (χ1) is 36.2. The average Bonchev–Trinajstić information content (AvgIpc) is 3.83. The molecule has 3 heterocycles. The minimum absolute atomic E-state index is 0.0331. The van der Waals surface area contributed by atoms with Gasteiger partial charge in [0.1, 0.15) is 78.7 Å². The molecule has 10 N–H and O–H groups in total. The number of aliphatic hydroxyl groups excluding tert-OH is 6. The number of methoxy groups -OCH3 is 1. The topological polar surface area (TPSA) is 348 Å². The SMILES string of the molecule is COC12CC(COC3OC(COCC45CC(OC6OC(COCC7(C)CC(C)(OC8OC(COCC9%10CCC(O[P+](=O)O)(C9)C%10)C(O)C(O)C8NC(C)=O)C7)C(O)C(O)C6NC(C)=O)(C4)C5)C(O)C(O)C3NC(C)=O)(C1)C2. The summed E-state index contributed by atoms with van der Waals surface area (Å²) >= 11 is 0. The Balaban J connectivity index is 0.680. The van der Waals surface area contributed by atoms with Gasteiger partial charge in [0.15, 0.2) is 18.9 Å². The van der Waals surface area contributed by atoms with Crippen molar-refractivity contribution in [1.29, 1.82) is 0 Å². The van der Waals surface area contributed by atoms with Crippen LogP contribution in [-0.4, -0.2) is 221 Å². The lowest BCUT2D eigenvalue weighted by atomic mass is 9.41. The normalized spacial score (nSPS) is 50.1. The van der Waals surface area contributed by atoms with Gasteiger partial charge in [-0.1, -0.05) is 6.92 Å². The number of rotatable bonds is 25. The molecule has 77 heavy (non-hydrogen) atoms. The minimum Gasteiger partial charge on any atom is -0.388 e. The molecule has 0 aromatic carbocycles. The highest BCUT2D eigenvalue weighted by Crippen LogP contribution is 2.70. The number of nitrogens with one attached hydrogen (secondary N) is 3. The van der Waals surface area contributed by atoms with Gasteiger partial charge in [0.25, 0.3) is 0 Å². The molecule has 13 aliphatic rings. The first-order valence-electron chi connectivity index (χ1n) is 27.1. The first kappa shape index (κ1) is 58.0. The summed E-state index contributed by atoms with van der Waals surface area (Å²) in [5.41, 5.74) is -3.09. The van der Waals surface area contributed by atoms with Crippen LogP contribution < -0.4 is 16.0 Å². The first-order valence-corrected chi connectivity index (χ1v) is 28.3. The monoisotopic (exact) mass is 1120 g/mol. The van der Waals surface area contributed by atoms with Crippen molar-refractivity contribution >= 4 is 26.0 Å². The molecule has 10 aliphatic carbocycles. The van der Waals surface area contributed by atoms with Crippen molar-refractivity contribution in [2.45, 2.75) is 226 Å². The third-order valence-corrected chi connectivity index (χ3v) is 19.2. The Morgan fingerprint density at radius 1 is 0.519 bits per heavy atom. The predicted octanol–water partition coefficient (Wildman–Crippen LogP) is -1.03. The van der Waals surface area contributed by atoms with Gasteiger partial charge in [-0.25, -0.2) is 0 Å². The number of carbonyl (C=O) groups is 3. The molecule has 10 saturated carbocycles. The zero-order valence-corrected chi connectivity index (χ0v) is 45.7. The molecule has 26 heteroatoms. The molecular weight excluding hydrogens is 1040 g/mol. The molecule has 25 nitrogen and oxygen atoms in total. The lowest BCUT2D eigenvalue weighted by Crippen LogP contribution is -2.74. The van der Waals surface area contributed by atoms with Crippen molar-refractivity contribution in [3.63, 3.8) is 0 Å². The molecule has 6 bridgehead atoms. The van der Waals surface area contributed by atoms with Crippen molar-refractivity contribution in [3.05, 3.63) is 0 Å². The molecule has 0 aromatic rings. The van der Waals surface area contributed by atoms with E-state index in [1.807, 2.05) is 13.8 Å². The smallest absolute Gasteiger partial charge is 0.388 e. The van der Waals surface area contributed by atoms with Crippen LogP contribution >= 0.6 is 8.25 Å². The maximum Gasteiger partial charge on any atom is 0.695 e. The molecule has 436 valence electrons. The van der Waals surface area contributed by atoms with Crippen LogP contribution in [0, 0.1) is 21.7 Å². The summed E-state index contributed by atoms with van der Waals surface area (Å²) in [6.07, 6.45) is -6.95. The highest BCUT2D eigenvalue weighted by molar-refractivity contribution is 7.32. The van der Waals surface area contributed by atoms with Gasteiger partial charge in [-0.05, 0) is 94.8 Å². The second-order valence-corrected chi connectivity index (χ2v) is 26.6. The van der Waals surface area contributed by atoms with E-state index in [4.69, 9.17) is 51.9 Å². The van der Waals surface area contributed by atoms with Crippen LogP contribution in [0.2, 0.25) is 0 Å². The summed E-state index contributed by atoms with van der Waals surface area (Å²) in [5, 5.41) is 75.1. The fourth-order valence-electron chi connectivity index (χ4n) is 15.7. The molecular formula is C51H81N3O22P+. The standard InChI is InChI=1S/C51H80N3O22P/c1-26(55)52-32-38(61)35(58)29(71-41(32)70-25-48-16-50(17-48,18-48)66-6)10-69-24-47-19-51(20-47,21-47)75-43-34(54-28(3)57)40(63)36(59)30(73-43)9-67-22-44(4)12-45(5,13-44)74-42-33(53-27(2)56)39(62)37(60)31(72-42)11-68-23-46-7-8-49(14-46,15-46)76-77(64)65/h29-43,58-63H,7-25H2,1-6H3,(H3-,52,53,54,55,56,57,64,65)/p+1. The van der Waals surface area contributed by atoms with Crippen LogP contribution in [0.15, 0.2) is 0 Å². The van der Waals surface area contributed by atoms with Gasteiger partial charge in [0, 0.05) is 43.3 Å². The van der Waals surface area contributed by atoms with Crippen LogP contribution in [0.4, 0.5) is 0 Å². The Hall–Kier alpha value is -2.21. The van der Waals surface area contributed by atoms with E-state index in [0.29, 0.717) is 71.2 Å². The number of aliphatic hydroxyl groups is 6. The Morgan fingerprint density at radius 3 is 1.39 bits per heavy atom. The molecule has 3 saturated heterocycles. The second-order valence-electron chi connectivity index (χ2n) is 26.0. The molecule has 3 aliphatic heterocycles. The molecule has 3 amide bonds. The fourth-order valence-corrected chi connectivity index (χ4v) is 16.2. The average molecular weight is 1120 g/mol. The largest absolute Gasteiger partial charge is 0.695 e. The van der Waals surface area contributed by atoms with Crippen molar-refractivity contribution in [2.24, 2.45) is 21.7 Å². The molecule has 13 fully saturated rings. The molecule has 0 radical (unpaired) electrons. The molecule has 16 atom stereocenters. The summed E-state index contributed by atoms with van der Waals surface area (Å²) in [5.74, 6) is -1.31. The maximum absolute atomic E-state index is 12.3. The van der Waals surface area contributed by atoms with Gasteiger partial charge in [0.2, 0.25) is 17.7 Å². The van der Waals surface area contributed by atoms with E-state index in [1.165, 1.54) is 20.8 Å². The van der Waals surface area contributed by atoms with Crippen LogP contribution in [0.25, 0.3) is 0 Å². The number of hydrogen-bond acceptors (Lipinski definition) is 21. The predicted molar refractivity (Wildman–Crippen MR) is 261 cm³/mol. The third-order valence-electron chi connectivity index (χ3n) is 18.6. The van der Waals surface area contributed by atoms with E-state index in [1.54, 1.807) is 7.11 Å². The van der Waals surface area contributed by atoms with Gasteiger partial charge >= 0.3 is 8.25 Å². The quantitative estimate of drug-likeness (QED) is 0.0489. The van der Waals surface area contributed by atoms with Crippen LogP contribution in [0.1, 0.15) is 112 Å². The third kappa shape index (κ3) is 11.5. The van der Waals surface area contributed by atoms with Gasteiger partial charge in [-0.15, -0.1) is 9.42 Å². The Labute approximate surface area is 448 Å². The zero-order valence-electron chi connectivity index (χ0n) is 44.8. The van der Waals surface area contributed by atoms with Crippen molar-refractivity contribution in [2.75, 3.05) is 53.4 Å². The summed E-state index contributed by atoms with van der Waals surface area (Å²) in [6.45, 7) is 8.67. The van der Waals surface area contributed by atoms with Crippen LogP contribution in [0.5, 0.6) is 0 Å². The number of hydrogen-bond donors (Lipinski definition) is 10. The zero-order chi connectivity index (χ0) is 55.3. The van der Waals surface area contributed by atoms with E-state index >= 15 is 0 Å². The summed E-state index contributed by atoms with van der Waals surface area (Å²) in [6, 6.07) is -3.17. The molecule has 16 unspecified atom stereocenters. The van der Waals surface area contributed by atoms with Gasteiger partial charge in [-0.2, -0.15) is 0 Å². The number of fused-ring (bicyclic) bond motifs is 1. The number of ether oxygens (including phenoxy) is 10. The lowest BCUT2D eigenvalue weighted by Gasteiger charge is -2.70. The maximum atomic E-state index is 12.3. The van der Waals surface area contributed by atoms with Gasteiger partial charge in [-0.3, -0.25) is 14.4 Å². The van der Waals surface area contributed by atoms with E-state index in [-0.39, 0.29) is 48.3 Å². The highest BCUT2D eigenvalue weighted by atomic mass is 31.1. The molecule has 0 spiro atoms. The summed E-state index contributed by atoms with van der Waals surface area (Å²) in [7, 11) is -1.01. The summed E-state index contributed by atoms with van der Waals surface area (Å²) < 4.78 is 78.4. The number of carbonyl (C=O) groups excluding carboxylic acids is 3. The summed E-state index contributed by atoms with van der Waals surface area (Å²) in [4.78, 5) is 45.9. The number of amides is 3. The highest BCUT2D eigenvalue weighted by Gasteiger charge is 2.71.